The van der Waals surface area contributed by atoms with Crippen LogP contribution in [-0.4, -0.2) is 34.1 Å². The molecule has 1 aromatic heterocycles. The van der Waals surface area contributed by atoms with Crippen molar-refractivity contribution < 1.29 is 23.8 Å². The van der Waals surface area contributed by atoms with Gasteiger partial charge in [0.05, 0.1) is 16.6 Å². The van der Waals surface area contributed by atoms with Crippen molar-refractivity contribution in [2.75, 3.05) is 11.9 Å². The lowest BCUT2D eigenvalue weighted by Crippen LogP contribution is -2.45. The number of halogens is 1. The van der Waals surface area contributed by atoms with Crippen molar-refractivity contribution in [3.05, 3.63) is 88.7 Å². The Labute approximate surface area is 193 Å². The molecular weight excluding hydrogens is 439 g/mol. The number of carbonyl (C=O) groups excluding carboxylic acids is 2. The monoisotopic (exact) mass is 456 g/mol. The van der Waals surface area contributed by atoms with Gasteiger partial charge >= 0.3 is 12.1 Å². The molecule has 34 heavy (non-hydrogen) atoms. The van der Waals surface area contributed by atoms with E-state index < -0.39 is 23.5 Å². The van der Waals surface area contributed by atoms with E-state index in [-0.39, 0.29) is 17.3 Å². The summed E-state index contributed by atoms with van der Waals surface area (Å²) in [5.41, 5.74) is 0.183. The van der Waals surface area contributed by atoms with Gasteiger partial charge in [0.1, 0.15) is 5.82 Å². The van der Waals surface area contributed by atoms with E-state index in [1.54, 1.807) is 42.5 Å². The molecule has 5 rings (SSSR count). The molecule has 0 radical (unpaired) electrons. The van der Waals surface area contributed by atoms with Crippen LogP contribution in [0.2, 0.25) is 0 Å². The minimum atomic E-state index is -1.93. The first-order valence-electron chi connectivity index (χ1n) is 10.2. The van der Waals surface area contributed by atoms with Crippen LogP contribution in [0, 0.1) is 18.2 Å². The van der Waals surface area contributed by atoms with Gasteiger partial charge < -0.3 is 20.1 Å². The zero-order valence-electron chi connectivity index (χ0n) is 17.8. The van der Waals surface area contributed by atoms with Crippen molar-refractivity contribution in [1.82, 2.24) is 15.3 Å². The molecule has 0 saturated heterocycles. The molecule has 1 atom stereocenters. The van der Waals surface area contributed by atoms with E-state index in [2.05, 4.69) is 21.2 Å². The highest BCUT2D eigenvalue weighted by atomic mass is 19.1. The smallest absolute Gasteiger partial charge is 0.375 e. The molecule has 4 aromatic rings. The summed E-state index contributed by atoms with van der Waals surface area (Å²) in [6.45, 7) is 0. The van der Waals surface area contributed by atoms with Gasteiger partial charge in [-0.05, 0) is 36.4 Å². The number of benzene rings is 3. The van der Waals surface area contributed by atoms with Crippen molar-refractivity contribution in [1.29, 1.82) is 0 Å². The maximum absolute atomic E-state index is 14.1. The van der Waals surface area contributed by atoms with Gasteiger partial charge in [0, 0.05) is 29.4 Å². The number of nitrogens with zero attached hydrogens (tertiary/aromatic N) is 2. The molecule has 1 aliphatic heterocycles. The molecule has 168 valence electrons. The van der Waals surface area contributed by atoms with E-state index in [0.29, 0.717) is 27.7 Å². The fourth-order valence-corrected chi connectivity index (χ4v) is 4.10. The van der Waals surface area contributed by atoms with Crippen LogP contribution in [0.4, 0.5) is 14.9 Å². The Hall–Kier alpha value is -4.68. The summed E-state index contributed by atoms with van der Waals surface area (Å²) in [6, 6.07) is 15.3. The maximum atomic E-state index is 14.1. The number of rotatable bonds is 3. The number of ether oxygens (including phenoxy) is 1. The Morgan fingerprint density at radius 2 is 2.03 bits per heavy atom. The molecule has 1 aliphatic rings. The molecule has 0 fully saturated rings. The SMILES string of the molecule is C#Cc1cc(N2C(=O)c3ccccc3C2(O)c2ccc3nc(OC(=O)NC)[nH]c3c2)ccc1F. The van der Waals surface area contributed by atoms with E-state index in [0.717, 1.165) is 6.07 Å². The van der Waals surface area contributed by atoms with Gasteiger partial charge in [0.2, 0.25) is 0 Å². The topological polar surface area (TPSA) is 108 Å². The third-order valence-electron chi connectivity index (χ3n) is 5.68. The molecule has 2 amide bonds. The minimum Gasteiger partial charge on any atom is -0.375 e. The van der Waals surface area contributed by atoms with Crippen LogP contribution >= 0.6 is 0 Å². The maximum Gasteiger partial charge on any atom is 0.414 e. The van der Waals surface area contributed by atoms with Gasteiger partial charge in [-0.3, -0.25) is 9.69 Å². The van der Waals surface area contributed by atoms with Crippen LogP contribution in [0.5, 0.6) is 6.01 Å². The number of amides is 2. The largest absolute Gasteiger partial charge is 0.414 e. The zero-order chi connectivity index (χ0) is 24.0. The highest BCUT2D eigenvalue weighted by molar-refractivity contribution is 6.12. The Morgan fingerprint density at radius 1 is 1.24 bits per heavy atom. The van der Waals surface area contributed by atoms with Crippen molar-refractivity contribution in [2.45, 2.75) is 5.72 Å². The van der Waals surface area contributed by atoms with Crippen LogP contribution in [0.3, 0.4) is 0 Å². The number of aromatic nitrogens is 2. The van der Waals surface area contributed by atoms with Gasteiger partial charge in [-0.2, -0.15) is 4.98 Å². The molecular formula is C25H17FN4O4. The second-order valence-corrected chi connectivity index (χ2v) is 7.58. The van der Waals surface area contributed by atoms with Crippen LogP contribution in [-0.2, 0) is 5.72 Å². The van der Waals surface area contributed by atoms with E-state index in [4.69, 9.17) is 11.2 Å². The second-order valence-electron chi connectivity index (χ2n) is 7.58. The quantitative estimate of drug-likeness (QED) is 0.410. The lowest BCUT2D eigenvalue weighted by molar-refractivity contribution is 0.0704. The second kappa shape index (κ2) is 7.72. The normalized spacial score (nSPS) is 16.9. The Kier molecular flexibility index (Phi) is 4.81. The summed E-state index contributed by atoms with van der Waals surface area (Å²) in [5, 5.41) is 14.4. The van der Waals surface area contributed by atoms with Gasteiger partial charge in [-0.15, -0.1) is 6.42 Å². The number of anilines is 1. The molecule has 8 nitrogen and oxygen atoms in total. The Balaban J connectivity index is 1.69. The number of hydrogen-bond donors (Lipinski definition) is 3. The molecule has 0 spiro atoms. The molecule has 9 heteroatoms. The molecule has 3 N–H and O–H groups in total. The molecule has 2 heterocycles. The van der Waals surface area contributed by atoms with E-state index in [1.165, 1.54) is 24.1 Å². The fraction of sp³-hybridized carbons (Fsp3) is 0.0800. The third kappa shape index (κ3) is 3.09. The predicted molar refractivity (Wildman–Crippen MR) is 122 cm³/mol. The fourth-order valence-electron chi connectivity index (χ4n) is 4.10. The molecule has 3 aromatic carbocycles. The van der Waals surface area contributed by atoms with Crippen molar-refractivity contribution in [3.8, 4) is 18.4 Å². The highest BCUT2D eigenvalue weighted by Crippen LogP contribution is 2.45. The Morgan fingerprint density at radius 3 is 2.79 bits per heavy atom. The standard InChI is InChI=1S/C25H17FN4O4/c1-3-14-12-16(9-10-19(14)26)30-22(31)17-6-4-5-7-18(17)25(30,33)15-8-11-20-21(13-15)29-23(28-20)34-24(32)27-2/h1,4-13,33H,2H3,(H,27,32)(H,28,29). The number of aromatic amines is 1. The number of H-pyrrole nitrogens is 1. The first-order chi connectivity index (χ1) is 16.4. The van der Waals surface area contributed by atoms with E-state index in [1.807, 2.05) is 0 Å². The summed E-state index contributed by atoms with van der Waals surface area (Å²) >= 11 is 0. The first-order valence-corrected chi connectivity index (χ1v) is 10.2. The molecule has 0 aliphatic carbocycles. The number of carbonyl (C=O) groups is 2. The summed E-state index contributed by atoms with van der Waals surface area (Å²) in [5.74, 6) is 1.17. The summed E-state index contributed by atoms with van der Waals surface area (Å²) in [7, 11) is 1.42. The minimum absolute atomic E-state index is 0.0320. The molecule has 1 unspecified atom stereocenters. The van der Waals surface area contributed by atoms with Crippen molar-refractivity contribution >= 4 is 28.7 Å². The molecule has 0 bridgehead atoms. The van der Waals surface area contributed by atoms with Gasteiger partial charge in [-0.1, -0.05) is 30.2 Å². The molecule has 0 saturated carbocycles. The number of hydrogen-bond acceptors (Lipinski definition) is 5. The van der Waals surface area contributed by atoms with Crippen molar-refractivity contribution in [3.63, 3.8) is 0 Å². The van der Waals surface area contributed by atoms with Crippen LogP contribution < -0.4 is 15.0 Å². The number of aliphatic hydroxyl groups is 1. The third-order valence-corrected chi connectivity index (χ3v) is 5.68. The Bertz CT molecular complexity index is 1520. The zero-order valence-corrected chi connectivity index (χ0v) is 17.8. The van der Waals surface area contributed by atoms with Crippen LogP contribution in [0.1, 0.15) is 27.0 Å². The van der Waals surface area contributed by atoms with E-state index in [9.17, 15) is 19.1 Å². The van der Waals surface area contributed by atoms with Crippen LogP contribution in [0.25, 0.3) is 11.0 Å². The lowest BCUT2D eigenvalue weighted by atomic mass is 9.93. The van der Waals surface area contributed by atoms with Gasteiger partial charge in [0.15, 0.2) is 5.72 Å². The lowest BCUT2D eigenvalue weighted by Gasteiger charge is -2.35. The number of terminal acetylenes is 1. The number of imidazole rings is 1. The number of fused-ring (bicyclic) bond motifs is 2. The van der Waals surface area contributed by atoms with E-state index >= 15 is 0 Å². The first kappa shape index (κ1) is 21.2. The van der Waals surface area contributed by atoms with Crippen molar-refractivity contribution in [2.24, 2.45) is 0 Å². The van der Waals surface area contributed by atoms with Crippen LogP contribution in [0.15, 0.2) is 60.7 Å². The summed E-state index contributed by atoms with van der Waals surface area (Å²) in [6.07, 6.45) is 4.72. The average molecular weight is 456 g/mol. The summed E-state index contributed by atoms with van der Waals surface area (Å²) in [4.78, 5) is 33.2. The predicted octanol–water partition coefficient (Wildman–Crippen LogP) is 3.26. The van der Waals surface area contributed by atoms with Gasteiger partial charge in [0.25, 0.3) is 5.91 Å². The highest BCUT2D eigenvalue weighted by Gasteiger charge is 2.50. The number of nitrogens with one attached hydrogen (secondary N) is 2. The summed E-state index contributed by atoms with van der Waals surface area (Å²) < 4.78 is 19.1. The average Bonchev–Trinajstić information content (AvgIpc) is 3.35. The van der Waals surface area contributed by atoms with Gasteiger partial charge in [-0.25, -0.2) is 9.18 Å².